The molecule has 4 rings (SSSR count). The Morgan fingerprint density at radius 1 is 1.31 bits per heavy atom. The Kier molecular flexibility index (Phi) is 10.5. The number of aromatic nitrogens is 2. The first-order valence-electron chi connectivity index (χ1n) is 13.0. The van der Waals surface area contributed by atoms with E-state index in [0.29, 0.717) is 35.3 Å². The van der Waals surface area contributed by atoms with Crippen LogP contribution in [0.1, 0.15) is 65.0 Å². The second-order valence-corrected chi connectivity index (χ2v) is 9.86. The molecule has 1 fully saturated rings. The van der Waals surface area contributed by atoms with Gasteiger partial charge in [-0.1, -0.05) is 16.8 Å². The summed E-state index contributed by atoms with van der Waals surface area (Å²) in [4.78, 5) is 50.2. The highest BCUT2D eigenvalue weighted by molar-refractivity contribution is 5.98. The van der Waals surface area contributed by atoms with Crippen molar-refractivity contribution in [2.45, 2.75) is 71.4 Å². The molecule has 1 aromatic heterocycles. The minimum atomic E-state index is -0.853. The van der Waals surface area contributed by atoms with E-state index in [0.717, 1.165) is 11.1 Å². The number of phenolic OH excluding ortho intramolecular Hbond substituents is 1. The molecular formula is C27H33N5O10. The number of nitrogens with one attached hydrogen (secondary N) is 1. The molecule has 226 valence electrons. The van der Waals surface area contributed by atoms with Gasteiger partial charge in [0.25, 0.3) is 5.56 Å². The van der Waals surface area contributed by atoms with Gasteiger partial charge >= 0.3 is 17.6 Å². The second-order valence-electron chi connectivity index (χ2n) is 9.86. The molecule has 42 heavy (non-hydrogen) atoms. The van der Waals surface area contributed by atoms with E-state index in [1.54, 1.807) is 6.92 Å². The topological polar surface area (TPSA) is 226 Å². The lowest BCUT2D eigenvalue weighted by molar-refractivity contribution is -0.136. The Morgan fingerprint density at radius 3 is 2.64 bits per heavy atom. The molecule has 3 heterocycles. The molecule has 1 saturated heterocycles. The number of cyclic esters (lactones) is 1. The minimum absolute atomic E-state index is 0.0565. The summed E-state index contributed by atoms with van der Waals surface area (Å²) >= 11 is 0. The Morgan fingerprint density at radius 2 is 2.02 bits per heavy atom. The molecule has 2 aromatic rings. The van der Waals surface area contributed by atoms with Crippen molar-refractivity contribution in [2.24, 2.45) is 5.11 Å². The third-order valence-electron chi connectivity index (χ3n) is 7.08. The smallest absolute Gasteiger partial charge is 0.342 e. The number of carbonyl (C=O) groups is 2. The molecule has 2 aliphatic rings. The van der Waals surface area contributed by atoms with E-state index in [1.165, 1.54) is 17.9 Å². The second kappa shape index (κ2) is 13.9. The van der Waals surface area contributed by atoms with E-state index in [4.69, 9.17) is 30.0 Å². The molecule has 1 aromatic carbocycles. The number of nitrogens with zero attached hydrogens (tertiary/aromatic N) is 4. The number of hydrogen-bond acceptors (Lipinski definition) is 10. The normalized spacial score (nSPS) is 19.3. The molecule has 4 N–H and O–H groups in total. The number of allylic oxidation sites excluding steroid dienone is 2. The van der Waals surface area contributed by atoms with Gasteiger partial charge in [-0.25, -0.2) is 9.59 Å². The summed E-state index contributed by atoms with van der Waals surface area (Å²) in [6.07, 6.45) is 3.01. The zero-order valence-electron chi connectivity index (χ0n) is 23.6. The summed E-state index contributed by atoms with van der Waals surface area (Å²) in [6, 6.07) is -0.542. The van der Waals surface area contributed by atoms with Gasteiger partial charge in [0.1, 0.15) is 29.9 Å². The zero-order valence-corrected chi connectivity index (χ0v) is 23.6. The quantitative estimate of drug-likeness (QED) is 0.110. The molecule has 0 amide bonds. The van der Waals surface area contributed by atoms with Gasteiger partial charge in [0, 0.05) is 40.6 Å². The maximum atomic E-state index is 11.8. The first-order chi connectivity index (χ1) is 19.9. The van der Waals surface area contributed by atoms with Crippen LogP contribution in [-0.2, 0) is 27.3 Å². The number of aryl methyl sites for hydroxylation is 1. The van der Waals surface area contributed by atoms with Gasteiger partial charge in [-0.05, 0) is 44.7 Å². The number of aliphatic hydroxyl groups is 1. The molecule has 0 unspecified atom stereocenters. The average molecular weight is 588 g/mol. The number of esters is 1. The van der Waals surface area contributed by atoms with Crippen molar-refractivity contribution in [1.29, 1.82) is 0 Å². The lowest BCUT2D eigenvalue weighted by Crippen LogP contribution is -2.33. The standard InChI is InChI=1S/C17H20O6.C10H13N5O4/c1-9(5-7-13(18)19)4-6-11-15(20)14-12(8-23-17(14)21)10(2)16(11)22-3;1-5-3-15(10(18)12-9(5)17)8-2-6(13-14-11)7(4-16)19-8/h4,20H,5-8H2,1-3H3,(H,18,19);3,6-8,16H,2,4H2,1H3,(H,12,17,18)/b9-4+;/t;6-,7+,8+/m.0/s1. The third kappa shape index (κ3) is 7.00. The minimum Gasteiger partial charge on any atom is -0.507 e. The Bertz CT molecular complexity index is 1550. The average Bonchev–Trinajstić information content (AvgIpc) is 3.54. The van der Waals surface area contributed by atoms with Gasteiger partial charge in [0.05, 0.1) is 25.9 Å². The first kappa shape index (κ1) is 31.9. The zero-order chi connectivity index (χ0) is 31.1. The first-order valence-corrected chi connectivity index (χ1v) is 13.0. The van der Waals surface area contributed by atoms with Gasteiger partial charge in [0.15, 0.2) is 0 Å². The summed E-state index contributed by atoms with van der Waals surface area (Å²) in [7, 11) is 1.51. The van der Waals surface area contributed by atoms with Crippen LogP contribution in [0.2, 0.25) is 0 Å². The largest absolute Gasteiger partial charge is 0.507 e. The highest BCUT2D eigenvalue weighted by atomic mass is 16.5. The number of carbonyl (C=O) groups excluding carboxylic acids is 1. The molecular weight excluding hydrogens is 554 g/mol. The number of hydrogen-bond donors (Lipinski definition) is 4. The Hall–Kier alpha value is -4.59. The van der Waals surface area contributed by atoms with Crippen molar-refractivity contribution in [1.82, 2.24) is 9.55 Å². The van der Waals surface area contributed by atoms with Crippen LogP contribution in [0.15, 0.2) is 32.5 Å². The van der Waals surface area contributed by atoms with E-state index in [-0.39, 0.29) is 37.4 Å². The molecule has 0 bridgehead atoms. The number of azide groups is 1. The third-order valence-corrected chi connectivity index (χ3v) is 7.08. The van der Waals surface area contributed by atoms with Gasteiger partial charge in [-0.2, -0.15) is 0 Å². The fourth-order valence-electron chi connectivity index (χ4n) is 4.75. The summed E-state index contributed by atoms with van der Waals surface area (Å²) in [5.41, 5.74) is 10.8. The van der Waals surface area contributed by atoms with Crippen LogP contribution in [0.5, 0.6) is 11.5 Å². The number of aliphatic carboxylic acids is 1. The predicted molar refractivity (Wildman–Crippen MR) is 147 cm³/mol. The van der Waals surface area contributed by atoms with E-state index in [1.807, 2.05) is 19.9 Å². The molecule has 0 aliphatic carbocycles. The molecule has 0 saturated carbocycles. The molecule has 3 atom stereocenters. The molecule has 0 radical (unpaired) electrons. The summed E-state index contributed by atoms with van der Waals surface area (Å²) in [5.74, 6) is -0.973. The monoisotopic (exact) mass is 587 g/mol. The number of aromatic amines is 1. The number of methoxy groups -OCH3 is 1. The maximum Gasteiger partial charge on any atom is 0.342 e. The summed E-state index contributed by atoms with van der Waals surface area (Å²) < 4.78 is 17.1. The highest BCUT2D eigenvalue weighted by Gasteiger charge is 2.36. The van der Waals surface area contributed by atoms with Crippen LogP contribution in [0.25, 0.3) is 10.4 Å². The fourth-order valence-corrected chi connectivity index (χ4v) is 4.75. The van der Waals surface area contributed by atoms with Crippen molar-refractivity contribution in [3.63, 3.8) is 0 Å². The summed E-state index contributed by atoms with van der Waals surface area (Å²) in [6.45, 7) is 5.05. The lowest BCUT2D eigenvalue weighted by Gasteiger charge is -2.15. The summed E-state index contributed by atoms with van der Waals surface area (Å²) in [5, 5.41) is 31.8. The highest BCUT2D eigenvalue weighted by Crippen LogP contribution is 2.42. The number of aromatic hydroxyl groups is 1. The van der Waals surface area contributed by atoms with Crippen molar-refractivity contribution in [2.75, 3.05) is 13.7 Å². The van der Waals surface area contributed by atoms with Gasteiger partial charge in [-0.3, -0.25) is 19.1 Å². The number of rotatable bonds is 9. The number of fused-ring (bicyclic) bond motifs is 1. The molecule has 15 nitrogen and oxygen atoms in total. The Balaban J connectivity index is 0.000000235. The van der Waals surface area contributed by atoms with Gasteiger partial charge < -0.3 is 29.5 Å². The van der Waals surface area contributed by atoms with Crippen molar-refractivity contribution in [3.8, 4) is 11.5 Å². The van der Waals surface area contributed by atoms with Crippen LogP contribution in [-0.4, -0.2) is 62.7 Å². The van der Waals surface area contributed by atoms with Crippen LogP contribution in [0.3, 0.4) is 0 Å². The number of phenols is 1. The molecule has 2 aliphatic heterocycles. The molecule has 15 heteroatoms. The number of aliphatic hydroxyl groups excluding tert-OH is 1. The maximum absolute atomic E-state index is 11.8. The predicted octanol–water partition coefficient (Wildman–Crippen LogP) is 2.54. The van der Waals surface area contributed by atoms with Gasteiger partial charge in [-0.15, -0.1) is 0 Å². The van der Waals surface area contributed by atoms with E-state index >= 15 is 0 Å². The van der Waals surface area contributed by atoms with E-state index < -0.39 is 41.6 Å². The van der Waals surface area contributed by atoms with Crippen LogP contribution >= 0.6 is 0 Å². The number of ether oxygens (including phenoxy) is 3. The number of H-pyrrole nitrogens is 1. The SMILES string of the molecule is COc1c(C)c2c(c(O)c1C/C=C(\C)CCC(=O)O)C(=O)OC2.Cc1cn([C@H]2C[C@H](N=[N+]=[N-])[C@@H](CO)O2)c(=O)[nH]c1=O. The molecule has 0 spiro atoms. The van der Waals surface area contributed by atoms with Crippen molar-refractivity contribution >= 4 is 11.9 Å². The fraction of sp³-hybridized carbons (Fsp3) is 0.481. The van der Waals surface area contributed by atoms with E-state index in [2.05, 4.69) is 15.0 Å². The van der Waals surface area contributed by atoms with Gasteiger partial charge in [0.2, 0.25) is 0 Å². The van der Waals surface area contributed by atoms with E-state index in [9.17, 15) is 24.3 Å². The van der Waals surface area contributed by atoms with Crippen molar-refractivity contribution < 1.29 is 39.1 Å². The number of benzene rings is 1. The lowest BCUT2D eigenvalue weighted by atomic mass is 9.94. The van der Waals surface area contributed by atoms with Crippen LogP contribution in [0, 0.1) is 13.8 Å². The number of carboxylic acids is 1. The van der Waals surface area contributed by atoms with Crippen LogP contribution in [0.4, 0.5) is 0 Å². The Labute approximate surface area is 239 Å². The van der Waals surface area contributed by atoms with Crippen molar-refractivity contribution in [3.05, 3.63) is 76.9 Å². The van der Waals surface area contributed by atoms with Crippen LogP contribution < -0.4 is 16.0 Å². The number of carboxylic acid groups (broad SMARTS) is 1.